The molecule has 0 spiro atoms. The number of aryl methyl sites for hydroxylation is 1. The number of ether oxygens (including phenoxy) is 2. The van der Waals surface area contributed by atoms with Gasteiger partial charge in [0.2, 0.25) is 5.88 Å². The van der Waals surface area contributed by atoms with Crippen molar-refractivity contribution in [2.24, 2.45) is 7.05 Å². The maximum atomic E-state index is 12.7. The molecule has 0 radical (unpaired) electrons. The normalized spacial score (nSPS) is 14.9. The molecule has 0 saturated carbocycles. The average molecular weight is 394 g/mol. The molecule has 7 heteroatoms. The summed E-state index contributed by atoms with van der Waals surface area (Å²) in [5.74, 6) is 0.516. The number of fused-ring (bicyclic) bond motifs is 1. The Bertz CT molecular complexity index is 1000. The van der Waals surface area contributed by atoms with E-state index in [1.165, 1.54) is 5.69 Å². The molecule has 2 aromatic carbocycles. The third-order valence-electron chi connectivity index (χ3n) is 5.50. The minimum atomic E-state index is -0.162. The van der Waals surface area contributed by atoms with E-state index in [0.29, 0.717) is 17.5 Å². The number of amides is 1. The predicted octanol–water partition coefficient (Wildman–Crippen LogP) is 3.45. The number of anilines is 2. The smallest absolute Gasteiger partial charge is 0.255 e. The molecule has 1 aromatic heterocycles. The Kier molecular flexibility index (Phi) is 5.40. The number of rotatable bonds is 5. The first kappa shape index (κ1) is 19.3. The van der Waals surface area contributed by atoms with Crippen molar-refractivity contribution >= 4 is 28.2 Å². The summed E-state index contributed by atoms with van der Waals surface area (Å²) < 4.78 is 12.5. The number of benzene rings is 2. The standard InChI is InChI=1S/C22H26N4O3/c1-25-22(29-3)19-9-4-15(14-20(19)24-25)21(27)23-16-5-7-17(8-6-16)26-12-10-18(28-2)11-13-26/h4-9,14,18H,10-13H2,1-3H3,(H,23,27). The van der Waals surface area contributed by atoms with E-state index in [2.05, 4.69) is 27.4 Å². The zero-order chi connectivity index (χ0) is 20.4. The maximum Gasteiger partial charge on any atom is 0.255 e. The molecule has 1 N–H and O–H groups in total. The van der Waals surface area contributed by atoms with Crippen LogP contribution in [0.25, 0.3) is 10.9 Å². The molecule has 0 atom stereocenters. The van der Waals surface area contributed by atoms with E-state index in [1.54, 1.807) is 31.0 Å². The number of hydrogen-bond donors (Lipinski definition) is 1. The molecule has 1 aliphatic heterocycles. The number of hydrogen-bond acceptors (Lipinski definition) is 5. The van der Waals surface area contributed by atoms with Gasteiger partial charge in [-0.3, -0.25) is 4.79 Å². The second kappa shape index (κ2) is 8.13. The van der Waals surface area contributed by atoms with Crippen molar-refractivity contribution in [2.75, 3.05) is 37.5 Å². The van der Waals surface area contributed by atoms with Gasteiger partial charge in [-0.15, -0.1) is 0 Å². The van der Waals surface area contributed by atoms with Crippen LogP contribution in [0, 0.1) is 0 Å². The lowest BCUT2D eigenvalue weighted by Crippen LogP contribution is -2.36. The van der Waals surface area contributed by atoms with Crippen LogP contribution in [0.4, 0.5) is 11.4 Å². The third-order valence-corrected chi connectivity index (χ3v) is 5.50. The number of aromatic nitrogens is 2. The number of carbonyl (C=O) groups excluding carboxylic acids is 1. The zero-order valence-electron chi connectivity index (χ0n) is 17.0. The van der Waals surface area contributed by atoms with Crippen molar-refractivity contribution in [3.05, 3.63) is 48.0 Å². The van der Waals surface area contributed by atoms with Crippen molar-refractivity contribution in [3.8, 4) is 5.88 Å². The summed E-state index contributed by atoms with van der Waals surface area (Å²) in [7, 11) is 5.21. The largest absolute Gasteiger partial charge is 0.481 e. The van der Waals surface area contributed by atoms with Crippen LogP contribution in [-0.4, -0.2) is 49.1 Å². The molecule has 0 bridgehead atoms. The van der Waals surface area contributed by atoms with Crippen LogP contribution in [0.5, 0.6) is 5.88 Å². The van der Waals surface area contributed by atoms with E-state index >= 15 is 0 Å². The number of piperidine rings is 1. The molecular weight excluding hydrogens is 368 g/mol. The van der Waals surface area contributed by atoms with Gasteiger partial charge in [0.15, 0.2) is 0 Å². The van der Waals surface area contributed by atoms with Crippen molar-refractivity contribution in [1.82, 2.24) is 9.78 Å². The highest BCUT2D eigenvalue weighted by atomic mass is 16.5. The van der Waals surface area contributed by atoms with E-state index in [-0.39, 0.29) is 5.91 Å². The molecule has 3 aromatic rings. The fourth-order valence-corrected chi connectivity index (χ4v) is 3.87. The lowest BCUT2D eigenvalue weighted by atomic mass is 10.1. The van der Waals surface area contributed by atoms with Crippen LogP contribution >= 0.6 is 0 Å². The van der Waals surface area contributed by atoms with E-state index in [0.717, 1.165) is 42.5 Å². The summed E-state index contributed by atoms with van der Waals surface area (Å²) in [5, 5.41) is 8.25. The molecule has 29 heavy (non-hydrogen) atoms. The Labute approximate surface area is 170 Å². The number of carbonyl (C=O) groups is 1. The van der Waals surface area contributed by atoms with Gasteiger partial charge in [-0.25, -0.2) is 4.68 Å². The molecule has 4 rings (SSSR count). The lowest BCUT2D eigenvalue weighted by molar-refractivity contribution is 0.0819. The molecule has 1 amide bonds. The topological polar surface area (TPSA) is 68.6 Å². The Morgan fingerprint density at radius 2 is 1.83 bits per heavy atom. The minimum absolute atomic E-state index is 0.162. The Morgan fingerprint density at radius 1 is 1.10 bits per heavy atom. The fraction of sp³-hybridized carbons (Fsp3) is 0.364. The first-order valence-corrected chi connectivity index (χ1v) is 9.79. The molecule has 2 heterocycles. The van der Waals surface area contributed by atoms with Gasteiger partial charge in [0, 0.05) is 44.2 Å². The summed E-state index contributed by atoms with van der Waals surface area (Å²) in [4.78, 5) is 15.0. The highest BCUT2D eigenvalue weighted by Crippen LogP contribution is 2.26. The first-order chi connectivity index (χ1) is 14.1. The molecule has 1 fully saturated rings. The van der Waals surface area contributed by atoms with Gasteiger partial charge in [0.25, 0.3) is 5.91 Å². The van der Waals surface area contributed by atoms with Crippen molar-refractivity contribution in [3.63, 3.8) is 0 Å². The van der Waals surface area contributed by atoms with Crippen molar-refractivity contribution < 1.29 is 14.3 Å². The van der Waals surface area contributed by atoms with Crippen LogP contribution in [-0.2, 0) is 11.8 Å². The molecule has 1 saturated heterocycles. The molecule has 7 nitrogen and oxygen atoms in total. The third kappa shape index (κ3) is 3.91. The molecular formula is C22H26N4O3. The van der Waals surface area contributed by atoms with Gasteiger partial charge in [0.1, 0.15) is 0 Å². The zero-order valence-corrected chi connectivity index (χ0v) is 17.0. The Balaban J connectivity index is 1.44. The second-order valence-electron chi connectivity index (χ2n) is 7.29. The number of methoxy groups -OCH3 is 2. The molecule has 0 aliphatic carbocycles. The van der Waals surface area contributed by atoms with Crippen LogP contribution in [0.3, 0.4) is 0 Å². The highest BCUT2D eigenvalue weighted by Gasteiger charge is 2.19. The summed E-state index contributed by atoms with van der Waals surface area (Å²) in [5.41, 5.74) is 3.22. The minimum Gasteiger partial charge on any atom is -0.481 e. The second-order valence-corrected chi connectivity index (χ2v) is 7.29. The lowest BCUT2D eigenvalue weighted by Gasteiger charge is -2.33. The van der Waals surface area contributed by atoms with Crippen LogP contribution < -0.4 is 15.0 Å². The summed E-state index contributed by atoms with van der Waals surface area (Å²) >= 11 is 0. The molecule has 152 valence electrons. The fourth-order valence-electron chi connectivity index (χ4n) is 3.87. The SMILES string of the molecule is COc1c2ccc(C(=O)Nc3ccc(N4CCC(OC)CC4)cc3)cc2nn1C. The van der Waals surface area contributed by atoms with Crippen molar-refractivity contribution in [1.29, 1.82) is 0 Å². The van der Waals surface area contributed by atoms with Gasteiger partial charge in [0.05, 0.1) is 24.1 Å². The van der Waals surface area contributed by atoms with Gasteiger partial charge in [-0.05, 0) is 55.3 Å². The van der Waals surface area contributed by atoms with Gasteiger partial charge in [-0.1, -0.05) is 0 Å². The highest BCUT2D eigenvalue weighted by molar-refractivity contribution is 6.06. The summed E-state index contributed by atoms with van der Waals surface area (Å²) in [6.45, 7) is 1.97. The maximum absolute atomic E-state index is 12.7. The van der Waals surface area contributed by atoms with Gasteiger partial charge < -0.3 is 19.7 Å². The van der Waals surface area contributed by atoms with Crippen molar-refractivity contribution in [2.45, 2.75) is 18.9 Å². The van der Waals surface area contributed by atoms with E-state index in [1.807, 2.05) is 25.2 Å². The number of nitrogens with zero attached hydrogens (tertiary/aromatic N) is 3. The molecule has 1 aliphatic rings. The van der Waals surface area contributed by atoms with E-state index < -0.39 is 0 Å². The monoisotopic (exact) mass is 394 g/mol. The van der Waals surface area contributed by atoms with Crippen LogP contribution in [0.1, 0.15) is 23.2 Å². The summed E-state index contributed by atoms with van der Waals surface area (Å²) in [6, 6.07) is 13.4. The predicted molar refractivity (Wildman–Crippen MR) is 114 cm³/mol. The van der Waals surface area contributed by atoms with Gasteiger partial charge >= 0.3 is 0 Å². The first-order valence-electron chi connectivity index (χ1n) is 9.79. The molecule has 0 unspecified atom stereocenters. The van der Waals surface area contributed by atoms with Gasteiger partial charge in [-0.2, -0.15) is 5.10 Å². The van der Waals surface area contributed by atoms with E-state index in [9.17, 15) is 4.79 Å². The number of nitrogens with one attached hydrogen (secondary N) is 1. The Morgan fingerprint density at radius 3 is 2.48 bits per heavy atom. The van der Waals surface area contributed by atoms with E-state index in [4.69, 9.17) is 9.47 Å². The average Bonchev–Trinajstić information content (AvgIpc) is 3.08. The van der Waals surface area contributed by atoms with Crippen LogP contribution in [0.2, 0.25) is 0 Å². The summed E-state index contributed by atoms with van der Waals surface area (Å²) in [6.07, 6.45) is 2.44. The quantitative estimate of drug-likeness (QED) is 0.718. The van der Waals surface area contributed by atoms with Crippen LogP contribution in [0.15, 0.2) is 42.5 Å². The Hall–Kier alpha value is -3.06.